The third kappa shape index (κ3) is 4.63. The lowest BCUT2D eigenvalue weighted by Crippen LogP contribution is -2.34. The molecule has 2 aromatic carbocycles. The van der Waals surface area contributed by atoms with Gasteiger partial charge in [0.2, 0.25) is 0 Å². The van der Waals surface area contributed by atoms with Crippen molar-refractivity contribution in [1.82, 2.24) is 4.90 Å². The molecule has 0 heterocycles. The Balaban J connectivity index is 2.06. The monoisotopic (exact) mass is 315 g/mol. The molecule has 1 amide bonds. The predicted octanol–water partition coefficient (Wildman–Crippen LogP) is 3.99. The number of halogens is 1. The molecule has 0 aromatic heterocycles. The Morgan fingerprint density at radius 2 is 1.61 bits per heavy atom. The first-order valence-corrected chi connectivity index (χ1v) is 7.74. The Bertz CT molecular complexity index is 637. The summed E-state index contributed by atoms with van der Waals surface area (Å²) < 4.78 is 18.4. The fourth-order valence-corrected chi connectivity index (χ4v) is 2.47. The Morgan fingerprint density at radius 3 is 2.13 bits per heavy atom. The van der Waals surface area contributed by atoms with Crippen molar-refractivity contribution in [1.29, 1.82) is 0 Å². The predicted molar refractivity (Wildman–Crippen MR) is 89.9 cm³/mol. The third-order valence-electron chi connectivity index (χ3n) is 3.64. The normalized spacial score (nSPS) is 12.0. The van der Waals surface area contributed by atoms with Crippen molar-refractivity contribution in [3.05, 3.63) is 59.9 Å². The van der Waals surface area contributed by atoms with Gasteiger partial charge in [-0.2, -0.15) is 0 Å². The summed E-state index contributed by atoms with van der Waals surface area (Å²) in [4.78, 5) is 14.1. The van der Waals surface area contributed by atoms with Gasteiger partial charge in [-0.15, -0.1) is 0 Å². The summed E-state index contributed by atoms with van der Waals surface area (Å²) in [5, 5.41) is 0. The summed E-state index contributed by atoms with van der Waals surface area (Å²) in [6, 6.07) is 13.6. The highest BCUT2D eigenvalue weighted by Gasteiger charge is 2.14. The zero-order valence-corrected chi connectivity index (χ0v) is 13.8. The van der Waals surface area contributed by atoms with Crippen LogP contribution in [0.4, 0.5) is 4.39 Å². The van der Waals surface area contributed by atoms with Gasteiger partial charge in [0.1, 0.15) is 5.82 Å². The topological polar surface area (TPSA) is 29.5 Å². The molecule has 0 radical (unpaired) electrons. The van der Waals surface area contributed by atoms with Crippen LogP contribution in [0.15, 0.2) is 48.5 Å². The zero-order valence-electron chi connectivity index (χ0n) is 13.8. The average molecular weight is 315 g/mol. The molecule has 2 rings (SSSR count). The van der Waals surface area contributed by atoms with Crippen molar-refractivity contribution in [2.75, 3.05) is 20.2 Å². The summed E-state index contributed by atoms with van der Waals surface area (Å²) in [5.41, 5.74) is 2.50. The van der Waals surface area contributed by atoms with Crippen molar-refractivity contribution in [2.45, 2.75) is 20.0 Å². The van der Waals surface area contributed by atoms with Crippen LogP contribution in [0.1, 0.15) is 24.2 Å². The largest absolute Gasteiger partial charge is 0.377 e. The highest BCUT2D eigenvalue weighted by atomic mass is 19.1. The van der Waals surface area contributed by atoms with E-state index in [1.807, 2.05) is 26.0 Å². The smallest absolute Gasteiger partial charge is 0.253 e. The molecule has 4 heteroatoms. The quantitative estimate of drug-likeness (QED) is 0.806. The second-order valence-electron chi connectivity index (χ2n) is 5.54. The summed E-state index contributed by atoms with van der Waals surface area (Å²) in [6.45, 7) is 5.07. The van der Waals surface area contributed by atoms with E-state index in [0.29, 0.717) is 18.7 Å². The number of carbonyl (C=O) groups is 1. The number of benzene rings is 2. The second-order valence-corrected chi connectivity index (χ2v) is 5.54. The van der Waals surface area contributed by atoms with Crippen molar-refractivity contribution < 1.29 is 13.9 Å². The van der Waals surface area contributed by atoms with Gasteiger partial charge in [0.05, 0.1) is 6.10 Å². The van der Waals surface area contributed by atoms with E-state index in [9.17, 15) is 9.18 Å². The average Bonchev–Trinajstić information content (AvgIpc) is 2.55. The maximum Gasteiger partial charge on any atom is 0.253 e. The standard InChI is InChI=1S/C19H22FNO2/c1-4-23-14(2)13-21(3)19(22)17-7-5-15(6-8-17)16-9-11-18(20)12-10-16/h5-12,14H,4,13H2,1-3H3/t14-/m1/s1. The molecular formula is C19H22FNO2. The zero-order chi connectivity index (χ0) is 16.8. The van der Waals surface area contributed by atoms with Crippen LogP contribution in [-0.4, -0.2) is 37.1 Å². The van der Waals surface area contributed by atoms with Crippen molar-refractivity contribution in [2.24, 2.45) is 0 Å². The van der Waals surface area contributed by atoms with E-state index in [1.165, 1.54) is 12.1 Å². The molecule has 0 aliphatic heterocycles. The summed E-state index contributed by atoms with van der Waals surface area (Å²) in [5.74, 6) is -0.298. The molecule has 0 aliphatic rings. The van der Waals surface area contributed by atoms with Gasteiger partial charge in [0.15, 0.2) is 0 Å². The number of carbonyl (C=O) groups excluding carboxylic acids is 1. The van der Waals surface area contributed by atoms with Crippen molar-refractivity contribution in [3.63, 3.8) is 0 Å². The third-order valence-corrected chi connectivity index (χ3v) is 3.64. The maximum absolute atomic E-state index is 13.0. The molecule has 3 nitrogen and oxygen atoms in total. The first-order valence-electron chi connectivity index (χ1n) is 7.74. The lowest BCUT2D eigenvalue weighted by atomic mass is 10.0. The fourth-order valence-electron chi connectivity index (χ4n) is 2.47. The molecule has 0 bridgehead atoms. The van der Waals surface area contributed by atoms with Gasteiger partial charge in [-0.1, -0.05) is 24.3 Å². The molecule has 23 heavy (non-hydrogen) atoms. The van der Waals surface area contributed by atoms with E-state index in [0.717, 1.165) is 11.1 Å². The molecule has 0 saturated heterocycles. The van der Waals surface area contributed by atoms with E-state index in [-0.39, 0.29) is 17.8 Å². The number of rotatable bonds is 6. The summed E-state index contributed by atoms with van der Waals surface area (Å²) in [6.07, 6.45) is 0.00689. The van der Waals surface area contributed by atoms with E-state index in [4.69, 9.17) is 4.74 Å². The number of likely N-dealkylation sites (N-methyl/N-ethyl adjacent to an activating group) is 1. The van der Waals surface area contributed by atoms with Gasteiger partial charge in [0, 0.05) is 25.8 Å². The first kappa shape index (κ1) is 17.2. The molecule has 122 valence electrons. The molecule has 0 saturated carbocycles. The van der Waals surface area contributed by atoms with Crippen LogP contribution in [-0.2, 0) is 4.74 Å². The van der Waals surface area contributed by atoms with Crippen LogP contribution in [0.2, 0.25) is 0 Å². The molecule has 0 aliphatic carbocycles. The maximum atomic E-state index is 13.0. The Kier molecular flexibility index (Phi) is 5.88. The molecule has 2 aromatic rings. The van der Waals surface area contributed by atoms with E-state index in [2.05, 4.69) is 0 Å². The van der Waals surface area contributed by atoms with Crippen LogP contribution in [0.25, 0.3) is 11.1 Å². The summed E-state index contributed by atoms with van der Waals surface area (Å²) >= 11 is 0. The number of hydrogen-bond donors (Lipinski definition) is 0. The van der Waals surface area contributed by atoms with Crippen LogP contribution in [0, 0.1) is 5.82 Å². The molecule has 0 spiro atoms. The Morgan fingerprint density at radius 1 is 1.09 bits per heavy atom. The van der Waals surface area contributed by atoms with E-state index >= 15 is 0 Å². The molecule has 0 N–H and O–H groups in total. The van der Waals surface area contributed by atoms with Gasteiger partial charge < -0.3 is 9.64 Å². The van der Waals surface area contributed by atoms with Crippen LogP contribution >= 0.6 is 0 Å². The number of nitrogens with zero attached hydrogens (tertiary/aromatic N) is 1. The van der Waals surface area contributed by atoms with Crippen LogP contribution in [0.5, 0.6) is 0 Å². The number of amides is 1. The highest BCUT2D eigenvalue weighted by molar-refractivity contribution is 5.94. The van der Waals surface area contributed by atoms with Gasteiger partial charge in [-0.05, 0) is 49.2 Å². The number of hydrogen-bond acceptors (Lipinski definition) is 2. The lowest BCUT2D eigenvalue weighted by molar-refractivity contribution is 0.0436. The van der Waals surface area contributed by atoms with Crippen LogP contribution in [0.3, 0.4) is 0 Å². The molecule has 0 unspecified atom stereocenters. The van der Waals surface area contributed by atoms with Gasteiger partial charge in [-0.3, -0.25) is 4.79 Å². The minimum atomic E-state index is -0.259. The summed E-state index contributed by atoms with van der Waals surface area (Å²) in [7, 11) is 1.77. The van der Waals surface area contributed by atoms with Crippen molar-refractivity contribution in [3.8, 4) is 11.1 Å². The molecular weight excluding hydrogens is 293 g/mol. The lowest BCUT2D eigenvalue weighted by Gasteiger charge is -2.21. The fraction of sp³-hybridized carbons (Fsp3) is 0.316. The first-order chi connectivity index (χ1) is 11.0. The Labute approximate surface area is 136 Å². The SMILES string of the molecule is CCO[C@H](C)CN(C)C(=O)c1ccc(-c2ccc(F)cc2)cc1. The minimum Gasteiger partial charge on any atom is -0.377 e. The Hall–Kier alpha value is -2.20. The van der Waals surface area contributed by atoms with Gasteiger partial charge in [-0.25, -0.2) is 4.39 Å². The van der Waals surface area contributed by atoms with Crippen LogP contribution < -0.4 is 0 Å². The highest BCUT2D eigenvalue weighted by Crippen LogP contribution is 2.20. The minimum absolute atomic E-state index is 0.00689. The van der Waals surface area contributed by atoms with Crippen molar-refractivity contribution >= 4 is 5.91 Å². The molecule has 1 atom stereocenters. The molecule has 0 fully saturated rings. The van der Waals surface area contributed by atoms with E-state index < -0.39 is 0 Å². The second kappa shape index (κ2) is 7.88. The number of ether oxygens (including phenoxy) is 1. The van der Waals surface area contributed by atoms with E-state index in [1.54, 1.807) is 36.2 Å². The van der Waals surface area contributed by atoms with Gasteiger partial charge in [0.25, 0.3) is 5.91 Å². The van der Waals surface area contributed by atoms with Gasteiger partial charge >= 0.3 is 0 Å².